The van der Waals surface area contributed by atoms with Gasteiger partial charge in [0.05, 0.1) is 4.88 Å². The molecule has 3 heteroatoms. The zero-order valence-electron chi connectivity index (χ0n) is 11.4. The van der Waals surface area contributed by atoms with Crippen LogP contribution in [0.4, 0.5) is 0 Å². The van der Waals surface area contributed by atoms with Crippen LogP contribution in [0.1, 0.15) is 34.2 Å². The number of carbonyl (C=O) groups is 1. The second-order valence-corrected chi connectivity index (χ2v) is 6.31. The lowest BCUT2D eigenvalue weighted by Crippen LogP contribution is -2.14. The van der Waals surface area contributed by atoms with Crippen molar-refractivity contribution in [2.75, 3.05) is 0 Å². The van der Waals surface area contributed by atoms with Crippen LogP contribution in [-0.2, 0) is 0 Å². The Hall–Kier alpha value is -2.13. The van der Waals surface area contributed by atoms with Crippen LogP contribution < -0.4 is 4.74 Å². The molecule has 0 fully saturated rings. The Morgan fingerprint density at radius 1 is 1.24 bits per heavy atom. The largest absolute Gasteiger partial charge is 0.480 e. The fraction of sp³-hybridized carbons (Fsp3) is 0.167. The van der Waals surface area contributed by atoms with Crippen LogP contribution in [0.3, 0.4) is 0 Å². The number of rotatable bonds is 2. The second-order valence-electron chi connectivity index (χ2n) is 5.23. The number of benzene rings is 1. The molecule has 2 nitrogen and oxygen atoms in total. The maximum absolute atomic E-state index is 11.2. The van der Waals surface area contributed by atoms with Crippen molar-refractivity contribution in [3.05, 3.63) is 64.6 Å². The van der Waals surface area contributed by atoms with E-state index in [4.69, 9.17) is 4.74 Å². The maximum Gasteiger partial charge on any atom is 0.160 e. The number of aldehydes is 1. The Kier molecular flexibility index (Phi) is 3.00. The monoisotopic (exact) mass is 294 g/mol. The van der Waals surface area contributed by atoms with Gasteiger partial charge >= 0.3 is 0 Å². The van der Waals surface area contributed by atoms with Crippen LogP contribution in [0.15, 0.2) is 54.1 Å². The summed E-state index contributed by atoms with van der Waals surface area (Å²) in [6.07, 6.45) is 9.53. The Labute approximate surface area is 127 Å². The average Bonchev–Trinajstić information content (AvgIpc) is 2.99. The van der Waals surface area contributed by atoms with E-state index in [9.17, 15) is 4.79 Å². The highest BCUT2D eigenvalue weighted by atomic mass is 32.1. The molecule has 0 spiro atoms. The van der Waals surface area contributed by atoms with Gasteiger partial charge in [0.1, 0.15) is 11.9 Å². The van der Waals surface area contributed by atoms with Crippen LogP contribution in [-0.4, -0.2) is 6.29 Å². The van der Waals surface area contributed by atoms with Crippen LogP contribution >= 0.6 is 11.3 Å². The number of thiophene rings is 1. The first-order chi connectivity index (χ1) is 10.4. The normalized spacial score (nSPS) is 19.2. The molecular weight excluding hydrogens is 280 g/mol. The van der Waals surface area contributed by atoms with Crippen molar-refractivity contribution in [2.24, 2.45) is 0 Å². The number of carbonyl (C=O) groups excluding carboxylic acids is 1. The summed E-state index contributed by atoms with van der Waals surface area (Å²) in [6, 6.07) is 10.0. The standard InChI is InChI=1S/C18H14O2S/c19-11-13-10-15-17(12-6-2-1-3-7-12)20-16-9-5-4-8-14(16)18(15)21-13/h2,4-11,17H,1,3H2. The molecule has 0 N–H and O–H groups in total. The molecule has 1 aromatic heterocycles. The first-order valence-corrected chi connectivity index (χ1v) is 7.90. The van der Waals surface area contributed by atoms with Crippen LogP contribution in [0.2, 0.25) is 0 Å². The second kappa shape index (κ2) is 5.01. The number of allylic oxidation sites excluding steroid dienone is 2. The predicted octanol–water partition coefficient (Wildman–Crippen LogP) is 4.94. The van der Waals surface area contributed by atoms with E-state index < -0.39 is 0 Å². The van der Waals surface area contributed by atoms with Crippen LogP contribution in [0, 0.1) is 0 Å². The molecule has 1 aliphatic carbocycles. The predicted molar refractivity (Wildman–Crippen MR) is 85.0 cm³/mol. The van der Waals surface area contributed by atoms with Gasteiger partial charge in [-0.1, -0.05) is 30.4 Å². The lowest BCUT2D eigenvalue weighted by atomic mass is 9.93. The van der Waals surface area contributed by atoms with Crippen molar-refractivity contribution in [2.45, 2.75) is 18.9 Å². The first-order valence-electron chi connectivity index (χ1n) is 7.08. The van der Waals surface area contributed by atoms with Gasteiger partial charge in [-0.2, -0.15) is 0 Å². The minimum atomic E-state index is -0.101. The molecule has 1 aromatic carbocycles. The molecule has 21 heavy (non-hydrogen) atoms. The quantitative estimate of drug-likeness (QED) is 0.733. The van der Waals surface area contributed by atoms with E-state index in [0.717, 1.165) is 45.8 Å². The lowest BCUT2D eigenvalue weighted by Gasteiger charge is -2.28. The molecule has 2 aliphatic rings. The Bertz CT molecular complexity index is 767. The van der Waals surface area contributed by atoms with E-state index in [0.29, 0.717) is 0 Å². The third-order valence-corrected chi connectivity index (χ3v) is 4.99. The van der Waals surface area contributed by atoms with Crippen molar-refractivity contribution in [3.8, 4) is 16.2 Å². The van der Waals surface area contributed by atoms with Crippen molar-refractivity contribution in [3.63, 3.8) is 0 Å². The third kappa shape index (κ3) is 2.05. The van der Waals surface area contributed by atoms with E-state index in [1.54, 1.807) is 11.3 Å². The van der Waals surface area contributed by atoms with Crippen molar-refractivity contribution < 1.29 is 9.53 Å². The van der Waals surface area contributed by atoms with E-state index in [1.165, 1.54) is 5.57 Å². The minimum absolute atomic E-state index is 0.101. The first kappa shape index (κ1) is 12.6. The molecule has 4 rings (SSSR count). The van der Waals surface area contributed by atoms with Gasteiger partial charge in [0.2, 0.25) is 0 Å². The summed E-state index contributed by atoms with van der Waals surface area (Å²) in [5.41, 5.74) is 3.38. The molecule has 0 radical (unpaired) electrons. The van der Waals surface area contributed by atoms with Gasteiger partial charge < -0.3 is 4.74 Å². The van der Waals surface area contributed by atoms with E-state index in [2.05, 4.69) is 24.3 Å². The van der Waals surface area contributed by atoms with Crippen molar-refractivity contribution in [1.82, 2.24) is 0 Å². The summed E-state index contributed by atoms with van der Waals surface area (Å²) in [7, 11) is 0. The van der Waals surface area contributed by atoms with Gasteiger partial charge in [-0.25, -0.2) is 0 Å². The van der Waals surface area contributed by atoms with E-state index in [1.807, 2.05) is 24.3 Å². The average molecular weight is 294 g/mol. The molecule has 1 aliphatic heterocycles. The number of fused-ring (bicyclic) bond motifs is 3. The summed E-state index contributed by atoms with van der Waals surface area (Å²) >= 11 is 1.55. The highest BCUT2D eigenvalue weighted by Crippen LogP contribution is 2.48. The third-order valence-electron chi connectivity index (χ3n) is 3.88. The molecular formula is C18H14O2S. The molecule has 1 atom stereocenters. The summed E-state index contributed by atoms with van der Waals surface area (Å²) in [5, 5.41) is 0. The molecule has 2 heterocycles. The molecule has 0 bridgehead atoms. The highest BCUT2D eigenvalue weighted by molar-refractivity contribution is 7.17. The highest BCUT2D eigenvalue weighted by Gasteiger charge is 2.30. The molecule has 0 saturated carbocycles. The Morgan fingerprint density at radius 3 is 2.95 bits per heavy atom. The summed E-state index contributed by atoms with van der Waals surface area (Å²) < 4.78 is 6.23. The smallest absolute Gasteiger partial charge is 0.160 e. The molecule has 2 aromatic rings. The van der Waals surface area contributed by atoms with Gasteiger partial charge in [0, 0.05) is 16.0 Å². The lowest BCUT2D eigenvalue weighted by molar-refractivity contribution is 0.112. The fourth-order valence-electron chi connectivity index (χ4n) is 2.91. The van der Waals surface area contributed by atoms with E-state index >= 15 is 0 Å². The minimum Gasteiger partial charge on any atom is -0.480 e. The van der Waals surface area contributed by atoms with E-state index in [-0.39, 0.29) is 6.10 Å². The number of hydrogen-bond donors (Lipinski definition) is 0. The van der Waals surface area contributed by atoms with Gasteiger partial charge in [-0.3, -0.25) is 4.79 Å². The summed E-state index contributed by atoms with van der Waals surface area (Å²) in [4.78, 5) is 13.1. The molecule has 0 saturated heterocycles. The van der Waals surface area contributed by atoms with Gasteiger partial charge in [-0.15, -0.1) is 11.3 Å². The van der Waals surface area contributed by atoms with Gasteiger partial charge in [0.25, 0.3) is 0 Å². The van der Waals surface area contributed by atoms with Crippen LogP contribution in [0.25, 0.3) is 10.4 Å². The zero-order chi connectivity index (χ0) is 14.2. The van der Waals surface area contributed by atoms with Gasteiger partial charge in [0.15, 0.2) is 6.29 Å². The topological polar surface area (TPSA) is 26.3 Å². The maximum atomic E-state index is 11.2. The molecule has 0 amide bonds. The van der Waals surface area contributed by atoms with Crippen LogP contribution in [0.5, 0.6) is 5.75 Å². The van der Waals surface area contributed by atoms with Crippen molar-refractivity contribution >= 4 is 17.6 Å². The Balaban J connectivity index is 1.89. The summed E-state index contributed by atoms with van der Waals surface area (Å²) in [5.74, 6) is 0.897. The Morgan fingerprint density at radius 2 is 2.14 bits per heavy atom. The molecule has 1 unspecified atom stereocenters. The molecule has 104 valence electrons. The zero-order valence-corrected chi connectivity index (χ0v) is 12.2. The van der Waals surface area contributed by atoms with Crippen molar-refractivity contribution in [1.29, 1.82) is 0 Å². The van der Waals surface area contributed by atoms with Gasteiger partial charge in [-0.05, 0) is 36.6 Å². The number of hydrogen-bond acceptors (Lipinski definition) is 3. The number of para-hydroxylation sites is 1. The summed E-state index contributed by atoms with van der Waals surface area (Å²) in [6.45, 7) is 0. The SMILES string of the molecule is O=Cc1cc2c(s1)-c1ccccc1OC2C1=CCCC=C1. The fourth-order valence-corrected chi connectivity index (χ4v) is 3.94. The number of ether oxygens (including phenoxy) is 1.